The molecular weight excluding hydrogens is 200 g/mol. The van der Waals surface area contributed by atoms with Gasteiger partial charge in [-0.15, -0.1) is 0 Å². The molecule has 0 unspecified atom stereocenters. The number of ketones is 1. The molecule has 0 heterocycles. The van der Waals surface area contributed by atoms with E-state index in [4.69, 9.17) is 4.74 Å². The van der Waals surface area contributed by atoms with Crippen molar-refractivity contribution >= 4 is 5.78 Å². The van der Waals surface area contributed by atoms with Gasteiger partial charge in [0.15, 0.2) is 5.78 Å². The average molecular weight is 216 g/mol. The Kier molecular flexibility index (Phi) is 3.09. The van der Waals surface area contributed by atoms with Crippen molar-refractivity contribution in [2.75, 3.05) is 0 Å². The molecule has 1 aromatic rings. The van der Waals surface area contributed by atoms with Crippen LogP contribution in [0.25, 0.3) is 0 Å². The normalized spacial score (nSPS) is 14.4. The monoisotopic (exact) mass is 216 g/mol. The van der Waals surface area contributed by atoms with Gasteiger partial charge in [-0.3, -0.25) is 4.79 Å². The number of hydrogen-bond donors (Lipinski definition) is 0. The summed E-state index contributed by atoms with van der Waals surface area (Å²) in [6.45, 7) is 3.84. The molecule has 1 aliphatic rings. The second kappa shape index (κ2) is 4.52. The molecule has 2 heteroatoms. The van der Waals surface area contributed by atoms with E-state index in [9.17, 15) is 4.79 Å². The third-order valence-corrected chi connectivity index (χ3v) is 2.37. The van der Waals surface area contributed by atoms with Crippen molar-refractivity contribution in [2.45, 2.75) is 32.8 Å². The van der Waals surface area contributed by atoms with Crippen molar-refractivity contribution in [3.05, 3.63) is 41.5 Å². The van der Waals surface area contributed by atoms with Gasteiger partial charge in [-0.1, -0.05) is 17.7 Å². The number of rotatable bonds is 4. The van der Waals surface area contributed by atoms with E-state index >= 15 is 0 Å². The molecule has 2 rings (SSSR count). The summed E-state index contributed by atoms with van der Waals surface area (Å²) in [6, 6.07) is 7.41. The highest BCUT2D eigenvalue weighted by molar-refractivity contribution is 6.05. The van der Waals surface area contributed by atoms with Gasteiger partial charge in [0.2, 0.25) is 0 Å². The summed E-state index contributed by atoms with van der Waals surface area (Å²) in [5, 5.41) is 0. The smallest absolute Gasteiger partial charge is 0.185 e. The van der Waals surface area contributed by atoms with E-state index in [1.165, 1.54) is 0 Å². The van der Waals surface area contributed by atoms with Crippen LogP contribution in [-0.2, 0) is 0 Å². The first-order chi connectivity index (χ1) is 7.65. The lowest BCUT2D eigenvalue weighted by Gasteiger charge is -2.05. The molecule has 0 amide bonds. The molecule has 1 aliphatic carbocycles. The fourth-order valence-electron chi connectivity index (χ4n) is 1.45. The molecule has 0 radical (unpaired) electrons. The molecule has 16 heavy (non-hydrogen) atoms. The van der Waals surface area contributed by atoms with Crippen molar-refractivity contribution in [2.24, 2.45) is 0 Å². The van der Waals surface area contributed by atoms with E-state index < -0.39 is 0 Å². The van der Waals surface area contributed by atoms with Crippen molar-refractivity contribution in [1.29, 1.82) is 0 Å². The van der Waals surface area contributed by atoms with Gasteiger partial charge < -0.3 is 4.74 Å². The minimum atomic E-state index is 0.0428. The molecule has 0 bridgehead atoms. The van der Waals surface area contributed by atoms with Crippen molar-refractivity contribution in [3.63, 3.8) is 0 Å². The first kappa shape index (κ1) is 10.9. The summed E-state index contributed by atoms with van der Waals surface area (Å²) < 4.78 is 5.65. The van der Waals surface area contributed by atoms with Crippen LogP contribution in [0.2, 0.25) is 0 Å². The van der Waals surface area contributed by atoms with Crippen LogP contribution in [-0.4, -0.2) is 11.9 Å². The highest BCUT2D eigenvalue weighted by atomic mass is 16.5. The molecule has 2 nitrogen and oxygen atoms in total. The Balaban J connectivity index is 2.14. The molecule has 0 aromatic heterocycles. The Morgan fingerprint density at radius 2 is 2.12 bits per heavy atom. The zero-order valence-corrected chi connectivity index (χ0v) is 9.69. The van der Waals surface area contributed by atoms with Gasteiger partial charge in [-0.05, 0) is 44.9 Å². The van der Waals surface area contributed by atoms with Crippen molar-refractivity contribution < 1.29 is 9.53 Å². The fourth-order valence-corrected chi connectivity index (χ4v) is 1.45. The maximum Gasteiger partial charge on any atom is 0.185 e. The number of carbonyl (C=O) groups excluding carboxylic acids is 1. The Morgan fingerprint density at radius 1 is 1.38 bits per heavy atom. The van der Waals surface area contributed by atoms with Gasteiger partial charge in [0.05, 0.1) is 6.10 Å². The minimum Gasteiger partial charge on any atom is -0.490 e. The lowest BCUT2D eigenvalue weighted by Crippen LogP contribution is -1.99. The van der Waals surface area contributed by atoms with E-state index in [-0.39, 0.29) is 5.78 Å². The van der Waals surface area contributed by atoms with Crippen LogP contribution in [0, 0.1) is 0 Å². The van der Waals surface area contributed by atoms with E-state index in [2.05, 4.69) is 0 Å². The van der Waals surface area contributed by atoms with E-state index in [0.717, 1.165) is 24.2 Å². The predicted octanol–water partition coefficient (Wildman–Crippen LogP) is 3.38. The number of ether oxygens (including phenoxy) is 1. The molecule has 0 aliphatic heterocycles. The Hall–Kier alpha value is -1.57. The second-order valence-corrected chi connectivity index (χ2v) is 4.43. The summed E-state index contributed by atoms with van der Waals surface area (Å²) in [5.74, 6) is 0.844. The van der Waals surface area contributed by atoms with Crippen LogP contribution < -0.4 is 4.74 Å². The molecule has 1 aromatic carbocycles. The third kappa shape index (κ3) is 2.96. The van der Waals surface area contributed by atoms with Crippen LogP contribution in [0.4, 0.5) is 0 Å². The predicted molar refractivity (Wildman–Crippen MR) is 63.9 cm³/mol. The van der Waals surface area contributed by atoms with Crippen LogP contribution in [0.1, 0.15) is 37.0 Å². The topological polar surface area (TPSA) is 26.3 Å². The van der Waals surface area contributed by atoms with Crippen LogP contribution in [0.15, 0.2) is 35.9 Å². The van der Waals surface area contributed by atoms with E-state index in [0.29, 0.717) is 11.7 Å². The number of benzene rings is 1. The zero-order valence-electron chi connectivity index (χ0n) is 9.69. The Labute approximate surface area is 95.9 Å². The Morgan fingerprint density at radius 3 is 2.75 bits per heavy atom. The molecule has 1 saturated carbocycles. The average Bonchev–Trinajstić information content (AvgIpc) is 3.01. The van der Waals surface area contributed by atoms with Crippen LogP contribution >= 0.6 is 0 Å². The van der Waals surface area contributed by atoms with Gasteiger partial charge in [-0.2, -0.15) is 0 Å². The number of hydrogen-bond acceptors (Lipinski definition) is 2. The molecule has 0 spiro atoms. The van der Waals surface area contributed by atoms with Crippen molar-refractivity contribution in [3.8, 4) is 5.75 Å². The van der Waals surface area contributed by atoms with Gasteiger partial charge >= 0.3 is 0 Å². The fraction of sp³-hybridized carbons (Fsp3) is 0.357. The Bertz CT molecular complexity index is 424. The molecule has 0 atom stereocenters. The van der Waals surface area contributed by atoms with Gasteiger partial charge in [-0.25, -0.2) is 0 Å². The van der Waals surface area contributed by atoms with Gasteiger partial charge in [0.1, 0.15) is 5.75 Å². The summed E-state index contributed by atoms with van der Waals surface area (Å²) in [7, 11) is 0. The zero-order chi connectivity index (χ0) is 11.5. The van der Waals surface area contributed by atoms with Gasteiger partial charge in [0, 0.05) is 5.56 Å². The lowest BCUT2D eigenvalue weighted by molar-refractivity contribution is 0.104. The van der Waals surface area contributed by atoms with Crippen LogP contribution in [0.3, 0.4) is 0 Å². The highest BCUT2D eigenvalue weighted by Crippen LogP contribution is 2.27. The van der Waals surface area contributed by atoms with E-state index in [1.807, 2.05) is 38.1 Å². The van der Waals surface area contributed by atoms with Crippen LogP contribution in [0.5, 0.6) is 5.75 Å². The molecular formula is C14H16O2. The number of carbonyl (C=O) groups is 1. The largest absolute Gasteiger partial charge is 0.490 e. The first-order valence-corrected chi connectivity index (χ1v) is 5.61. The first-order valence-electron chi connectivity index (χ1n) is 5.61. The van der Waals surface area contributed by atoms with Gasteiger partial charge in [0.25, 0.3) is 0 Å². The highest BCUT2D eigenvalue weighted by Gasteiger charge is 2.23. The SMILES string of the molecule is CC(C)=CC(=O)c1cccc(OC2CC2)c1. The standard InChI is InChI=1S/C14H16O2/c1-10(2)8-14(15)11-4-3-5-13(9-11)16-12-6-7-12/h3-5,8-9,12H,6-7H2,1-2H3. The minimum absolute atomic E-state index is 0.0428. The molecule has 1 fully saturated rings. The molecule has 0 saturated heterocycles. The molecule has 0 N–H and O–H groups in total. The molecule has 84 valence electrons. The lowest BCUT2D eigenvalue weighted by atomic mass is 10.1. The van der Waals surface area contributed by atoms with E-state index in [1.54, 1.807) is 6.08 Å². The summed E-state index contributed by atoms with van der Waals surface area (Å²) in [6.07, 6.45) is 4.28. The second-order valence-electron chi connectivity index (χ2n) is 4.43. The maximum atomic E-state index is 11.8. The summed E-state index contributed by atoms with van der Waals surface area (Å²) >= 11 is 0. The number of allylic oxidation sites excluding steroid dienone is 2. The van der Waals surface area contributed by atoms with Crippen molar-refractivity contribution in [1.82, 2.24) is 0 Å². The summed E-state index contributed by atoms with van der Waals surface area (Å²) in [5.41, 5.74) is 1.71. The third-order valence-electron chi connectivity index (χ3n) is 2.37. The summed E-state index contributed by atoms with van der Waals surface area (Å²) in [4.78, 5) is 11.8. The quantitative estimate of drug-likeness (QED) is 0.569. The maximum absolute atomic E-state index is 11.8.